The molecule has 0 spiro atoms. The van der Waals surface area contributed by atoms with Crippen molar-refractivity contribution in [3.05, 3.63) is 41.3 Å². The van der Waals surface area contributed by atoms with E-state index in [1.165, 1.54) is 0 Å². The van der Waals surface area contributed by atoms with Crippen LogP contribution in [0.1, 0.15) is 24.0 Å². The van der Waals surface area contributed by atoms with E-state index in [2.05, 4.69) is 27.3 Å². The summed E-state index contributed by atoms with van der Waals surface area (Å²) in [6, 6.07) is 5.80. The zero-order chi connectivity index (χ0) is 17.3. The van der Waals surface area contributed by atoms with Crippen molar-refractivity contribution in [2.24, 2.45) is 12.0 Å². The molecule has 1 fully saturated rings. The van der Waals surface area contributed by atoms with E-state index in [0.29, 0.717) is 0 Å². The Bertz CT molecular complexity index is 835. The van der Waals surface area contributed by atoms with Crippen molar-refractivity contribution >= 4 is 18.7 Å². The van der Waals surface area contributed by atoms with Gasteiger partial charge in [0.2, 0.25) is 0 Å². The van der Waals surface area contributed by atoms with Crippen LogP contribution in [0.4, 0.5) is 4.39 Å². The molecule has 7 heteroatoms. The van der Waals surface area contributed by atoms with E-state index < -0.39 is 11.6 Å². The molecule has 1 heterocycles. The van der Waals surface area contributed by atoms with E-state index in [1.807, 2.05) is 31.3 Å². The summed E-state index contributed by atoms with van der Waals surface area (Å²) in [5, 5.41) is 10.5. The zero-order valence-corrected chi connectivity index (χ0v) is 13.6. The molecule has 1 N–H and O–H groups in total. The smallest absolute Gasteiger partial charge is 0.263 e. The molecule has 1 aliphatic rings. The summed E-state index contributed by atoms with van der Waals surface area (Å²) in [6.07, 6.45) is 3.99. The number of hydrogen-bond acceptors (Lipinski definition) is 4. The quantitative estimate of drug-likeness (QED) is 0.857. The minimum absolute atomic E-state index is 0.225. The average molecular weight is 327 g/mol. The second-order valence-corrected chi connectivity index (χ2v) is 5.96. The first-order chi connectivity index (χ1) is 11.4. The number of benzene rings is 1. The highest BCUT2D eigenvalue weighted by molar-refractivity contribution is 5.90. The Morgan fingerprint density at radius 2 is 2.25 bits per heavy atom. The fourth-order valence-electron chi connectivity index (χ4n) is 2.27. The topological polar surface area (TPSA) is 72.2 Å². The highest BCUT2D eigenvalue weighted by Crippen LogP contribution is 2.40. The van der Waals surface area contributed by atoms with Gasteiger partial charge < -0.3 is 5.32 Å². The third-order valence-electron chi connectivity index (χ3n) is 3.98. The fraction of sp³-hybridized carbons (Fsp3) is 0.294. The number of halogens is 1. The molecule has 3 rings (SSSR count). The van der Waals surface area contributed by atoms with Gasteiger partial charge >= 0.3 is 0 Å². The molecule has 0 bridgehead atoms. The van der Waals surface area contributed by atoms with Crippen LogP contribution in [0.2, 0.25) is 0 Å². The van der Waals surface area contributed by atoms with Crippen LogP contribution >= 0.6 is 0 Å². The number of aryl methyl sites for hydroxylation is 2. The largest absolute Gasteiger partial charge is 0.308 e. The van der Waals surface area contributed by atoms with Gasteiger partial charge in [-0.3, -0.25) is 9.48 Å². The molecule has 6 nitrogen and oxygen atoms in total. The van der Waals surface area contributed by atoms with Crippen LogP contribution in [0.15, 0.2) is 35.2 Å². The summed E-state index contributed by atoms with van der Waals surface area (Å²) in [7, 11) is 1.80. The molecule has 1 saturated carbocycles. The monoisotopic (exact) mass is 327 g/mol. The normalized spacial score (nSPS) is 15.9. The maximum absolute atomic E-state index is 13.8. The van der Waals surface area contributed by atoms with Crippen LogP contribution in [0.5, 0.6) is 0 Å². The molecular formula is C17H18FN5O. The number of alkyl halides is 1. The van der Waals surface area contributed by atoms with Crippen LogP contribution < -0.4 is 5.32 Å². The number of amides is 1. The van der Waals surface area contributed by atoms with Gasteiger partial charge in [-0.15, -0.1) is 5.10 Å². The number of aromatic nitrogens is 3. The van der Waals surface area contributed by atoms with Gasteiger partial charge in [0.25, 0.3) is 5.91 Å². The van der Waals surface area contributed by atoms with Crippen molar-refractivity contribution in [2.45, 2.75) is 25.4 Å². The van der Waals surface area contributed by atoms with E-state index in [9.17, 15) is 9.18 Å². The molecule has 0 aliphatic heterocycles. The van der Waals surface area contributed by atoms with Crippen LogP contribution in [0.3, 0.4) is 0 Å². The number of nitrogens with one attached hydrogen (secondary N) is 1. The van der Waals surface area contributed by atoms with E-state index in [-0.39, 0.29) is 18.7 Å². The summed E-state index contributed by atoms with van der Waals surface area (Å²) in [6.45, 7) is 5.38. The molecule has 24 heavy (non-hydrogen) atoms. The van der Waals surface area contributed by atoms with Crippen LogP contribution in [-0.4, -0.2) is 33.3 Å². The first-order valence-corrected chi connectivity index (χ1v) is 7.57. The molecule has 0 atom stereocenters. The van der Waals surface area contributed by atoms with Gasteiger partial charge in [0.05, 0.1) is 6.20 Å². The Kier molecular flexibility index (Phi) is 4.01. The van der Waals surface area contributed by atoms with Gasteiger partial charge in [0, 0.05) is 12.6 Å². The lowest BCUT2D eigenvalue weighted by Gasteiger charge is -2.09. The third-order valence-corrected chi connectivity index (χ3v) is 3.98. The highest BCUT2D eigenvalue weighted by atomic mass is 19.1. The second-order valence-electron chi connectivity index (χ2n) is 5.96. The van der Waals surface area contributed by atoms with Gasteiger partial charge in [-0.25, -0.2) is 9.38 Å². The lowest BCUT2D eigenvalue weighted by molar-refractivity contribution is -0.126. The van der Waals surface area contributed by atoms with Gasteiger partial charge in [0.1, 0.15) is 11.5 Å². The molecule has 0 unspecified atom stereocenters. The van der Waals surface area contributed by atoms with E-state index in [1.54, 1.807) is 17.8 Å². The third kappa shape index (κ3) is 3.24. The molecule has 124 valence electrons. The van der Waals surface area contributed by atoms with Crippen molar-refractivity contribution in [1.29, 1.82) is 0 Å². The Labute approximate surface area is 139 Å². The van der Waals surface area contributed by atoms with Crippen molar-refractivity contribution in [2.75, 3.05) is 0 Å². The summed E-state index contributed by atoms with van der Waals surface area (Å²) in [5.41, 5.74) is 1.70. The van der Waals surface area contributed by atoms with Gasteiger partial charge in [-0.1, -0.05) is 17.3 Å². The SMILES string of the molecule is C=N/C(=C\c1cc(-c2cn(C)nn2)ccc1C)NC(=O)C1(F)CC1. The Hall–Kier alpha value is -2.83. The van der Waals surface area contributed by atoms with E-state index in [4.69, 9.17) is 0 Å². The lowest BCUT2D eigenvalue weighted by Crippen LogP contribution is -2.32. The predicted molar refractivity (Wildman–Crippen MR) is 89.9 cm³/mol. The summed E-state index contributed by atoms with van der Waals surface area (Å²) in [5.74, 6) is -0.438. The zero-order valence-electron chi connectivity index (χ0n) is 13.6. The van der Waals surface area contributed by atoms with Gasteiger partial charge in [0.15, 0.2) is 5.67 Å². The Balaban J connectivity index is 1.89. The molecule has 0 saturated heterocycles. The highest BCUT2D eigenvalue weighted by Gasteiger charge is 2.51. The van der Waals surface area contributed by atoms with Gasteiger partial charge in [-0.2, -0.15) is 0 Å². The number of aliphatic imine (C=N–C) groups is 1. The molecule has 1 aromatic carbocycles. The molecular weight excluding hydrogens is 309 g/mol. The summed E-state index contributed by atoms with van der Waals surface area (Å²) >= 11 is 0. The second kappa shape index (κ2) is 5.99. The Morgan fingerprint density at radius 3 is 2.83 bits per heavy atom. The standard InChI is InChI=1S/C17H18FN5O/c1-11-4-5-12(14-10-23(3)22-21-14)8-13(11)9-15(19-2)20-16(24)17(18)6-7-17/h4-5,8-10H,2,6-7H2,1,3H3,(H,20,24)/b15-9+. The number of carbonyl (C=O) groups is 1. The molecule has 1 amide bonds. The predicted octanol–water partition coefficient (Wildman–Crippen LogP) is 2.41. The van der Waals surface area contributed by atoms with Crippen molar-refractivity contribution in [3.8, 4) is 11.3 Å². The molecule has 2 aromatic rings. The van der Waals surface area contributed by atoms with E-state index >= 15 is 0 Å². The maximum Gasteiger partial charge on any atom is 0.263 e. The lowest BCUT2D eigenvalue weighted by atomic mass is 10.0. The van der Waals surface area contributed by atoms with Crippen molar-refractivity contribution in [3.63, 3.8) is 0 Å². The van der Waals surface area contributed by atoms with Crippen molar-refractivity contribution < 1.29 is 9.18 Å². The number of carbonyl (C=O) groups excluding carboxylic acids is 1. The molecule has 1 aliphatic carbocycles. The molecule has 1 aromatic heterocycles. The number of rotatable bonds is 5. The average Bonchev–Trinajstić information content (AvgIpc) is 3.17. The van der Waals surface area contributed by atoms with E-state index in [0.717, 1.165) is 22.4 Å². The number of hydrogen-bond donors (Lipinski definition) is 1. The van der Waals surface area contributed by atoms with Crippen LogP contribution in [0.25, 0.3) is 17.3 Å². The van der Waals surface area contributed by atoms with Crippen LogP contribution in [-0.2, 0) is 11.8 Å². The van der Waals surface area contributed by atoms with Gasteiger partial charge in [-0.05, 0) is 49.8 Å². The van der Waals surface area contributed by atoms with Crippen molar-refractivity contribution in [1.82, 2.24) is 20.3 Å². The maximum atomic E-state index is 13.8. The minimum atomic E-state index is -1.75. The summed E-state index contributed by atoms with van der Waals surface area (Å²) in [4.78, 5) is 15.6. The summed E-state index contributed by atoms with van der Waals surface area (Å²) < 4.78 is 15.4. The first kappa shape index (κ1) is 16.0. The minimum Gasteiger partial charge on any atom is -0.308 e. The number of nitrogens with zero attached hydrogens (tertiary/aromatic N) is 4. The fourth-order valence-corrected chi connectivity index (χ4v) is 2.27. The van der Waals surface area contributed by atoms with Crippen LogP contribution in [0, 0.1) is 6.92 Å². The molecule has 0 radical (unpaired) electrons. The first-order valence-electron chi connectivity index (χ1n) is 7.57. The Morgan fingerprint density at radius 1 is 1.50 bits per heavy atom.